The number of halogens is 1. The predicted octanol–water partition coefficient (Wildman–Crippen LogP) is 1.13. The predicted molar refractivity (Wildman–Crippen MR) is 57.6 cm³/mol. The van der Waals surface area contributed by atoms with Crippen molar-refractivity contribution in [3.63, 3.8) is 0 Å². The van der Waals surface area contributed by atoms with Crippen molar-refractivity contribution in [1.82, 2.24) is 9.97 Å². The molecule has 1 heterocycles. The second-order valence-electron chi connectivity index (χ2n) is 3.54. The normalized spacial score (nSPS) is 10.4. The number of carboxylic acid groups (broad SMARTS) is 1. The van der Waals surface area contributed by atoms with Crippen LogP contribution in [-0.2, 0) is 6.42 Å². The van der Waals surface area contributed by atoms with Gasteiger partial charge in [0.25, 0.3) is 0 Å². The number of aromatic carboxylic acids is 1. The molecule has 1 aromatic heterocycles. The molecule has 0 fully saturated rings. The molecule has 0 aliphatic carbocycles. The number of benzene rings is 1. The third-order valence-electron chi connectivity index (χ3n) is 2.31. The van der Waals surface area contributed by atoms with Gasteiger partial charge < -0.3 is 10.1 Å². The van der Waals surface area contributed by atoms with Gasteiger partial charge in [0.1, 0.15) is 11.5 Å². The summed E-state index contributed by atoms with van der Waals surface area (Å²) in [6.45, 7) is 0. The highest BCUT2D eigenvalue weighted by molar-refractivity contribution is 5.86. The fourth-order valence-electron chi connectivity index (χ4n) is 1.54. The van der Waals surface area contributed by atoms with E-state index in [4.69, 9.17) is 5.11 Å². The van der Waals surface area contributed by atoms with Gasteiger partial charge in [-0.25, -0.2) is 14.0 Å². The van der Waals surface area contributed by atoms with E-state index in [1.807, 2.05) is 0 Å². The first kappa shape index (κ1) is 11.1. The van der Waals surface area contributed by atoms with Crippen LogP contribution in [0.25, 0.3) is 0 Å². The van der Waals surface area contributed by atoms with Crippen molar-refractivity contribution >= 4 is 5.97 Å². The second-order valence-corrected chi connectivity index (χ2v) is 3.54. The number of carboxylic acids is 1. The number of nitrogens with one attached hydrogen (secondary N) is 2. The van der Waals surface area contributed by atoms with Gasteiger partial charge in [-0.2, -0.15) is 0 Å². The van der Waals surface area contributed by atoms with Crippen molar-refractivity contribution in [2.24, 2.45) is 0 Å². The molecule has 6 heteroatoms. The minimum Gasteiger partial charge on any atom is -0.477 e. The van der Waals surface area contributed by atoms with E-state index in [1.165, 1.54) is 24.3 Å². The number of hydrogen-bond donors (Lipinski definition) is 3. The van der Waals surface area contributed by atoms with Gasteiger partial charge in [-0.15, -0.1) is 0 Å². The zero-order chi connectivity index (χ0) is 12.4. The summed E-state index contributed by atoms with van der Waals surface area (Å²) in [5, 5.41) is 8.85. The summed E-state index contributed by atoms with van der Waals surface area (Å²) in [4.78, 5) is 26.4. The largest absolute Gasteiger partial charge is 0.477 e. The average molecular weight is 236 g/mol. The van der Waals surface area contributed by atoms with Crippen molar-refractivity contribution in [2.45, 2.75) is 6.42 Å². The zero-order valence-electron chi connectivity index (χ0n) is 8.66. The van der Waals surface area contributed by atoms with E-state index >= 15 is 0 Å². The van der Waals surface area contributed by atoms with Gasteiger partial charge >= 0.3 is 11.7 Å². The lowest BCUT2D eigenvalue weighted by atomic mass is 10.1. The fourth-order valence-corrected chi connectivity index (χ4v) is 1.54. The van der Waals surface area contributed by atoms with Crippen LogP contribution in [0, 0.1) is 5.82 Å². The molecule has 0 aliphatic heterocycles. The molecule has 1 aromatic carbocycles. The van der Waals surface area contributed by atoms with Crippen LogP contribution in [-0.4, -0.2) is 21.0 Å². The number of imidazole rings is 1. The Balaban J connectivity index is 2.32. The highest BCUT2D eigenvalue weighted by Gasteiger charge is 2.14. The summed E-state index contributed by atoms with van der Waals surface area (Å²) in [6.07, 6.45) is 0.223. The summed E-state index contributed by atoms with van der Waals surface area (Å²) < 4.78 is 12.7. The number of aromatic nitrogens is 2. The fraction of sp³-hybridized carbons (Fsp3) is 0.0909. The second kappa shape index (κ2) is 4.25. The maximum Gasteiger partial charge on any atom is 0.354 e. The Hall–Kier alpha value is -2.37. The van der Waals surface area contributed by atoms with Gasteiger partial charge in [0.15, 0.2) is 0 Å². The lowest BCUT2D eigenvalue weighted by molar-refractivity contribution is 0.0690. The van der Waals surface area contributed by atoms with E-state index in [0.29, 0.717) is 5.56 Å². The molecule has 0 amide bonds. The van der Waals surface area contributed by atoms with Crippen molar-refractivity contribution < 1.29 is 14.3 Å². The van der Waals surface area contributed by atoms with Crippen LogP contribution < -0.4 is 5.69 Å². The quantitative estimate of drug-likeness (QED) is 0.746. The van der Waals surface area contributed by atoms with E-state index in [-0.39, 0.29) is 23.6 Å². The molecule has 17 heavy (non-hydrogen) atoms. The Morgan fingerprint density at radius 1 is 1.24 bits per heavy atom. The van der Waals surface area contributed by atoms with Crippen molar-refractivity contribution in [2.75, 3.05) is 0 Å². The molecule has 3 N–H and O–H groups in total. The molecule has 0 unspecified atom stereocenters. The summed E-state index contributed by atoms with van der Waals surface area (Å²) in [6, 6.07) is 5.62. The van der Waals surface area contributed by atoms with Crippen LogP contribution in [0.1, 0.15) is 21.7 Å². The first-order valence-electron chi connectivity index (χ1n) is 4.85. The van der Waals surface area contributed by atoms with Crippen molar-refractivity contribution in [3.8, 4) is 0 Å². The van der Waals surface area contributed by atoms with Crippen molar-refractivity contribution in [1.29, 1.82) is 0 Å². The van der Waals surface area contributed by atoms with Gasteiger partial charge in [0.05, 0.1) is 5.69 Å². The highest BCUT2D eigenvalue weighted by Crippen LogP contribution is 2.10. The first-order chi connectivity index (χ1) is 8.06. The molecule has 0 atom stereocenters. The van der Waals surface area contributed by atoms with E-state index in [0.717, 1.165) is 0 Å². The molecule has 5 nitrogen and oxygen atoms in total. The molecule has 2 aromatic rings. The minimum absolute atomic E-state index is 0.167. The van der Waals surface area contributed by atoms with Gasteiger partial charge in [-0.1, -0.05) is 12.1 Å². The molecule has 0 saturated heterocycles. The molecule has 0 spiro atoms. The van der Waals surface area contributed by atoms with Crippen LogP contribution in [0.2, 0.25) is 0 Å². The van der Waals surface area contributed by atoms with Crippen molar-refractivity contribution in [3.05, 3.63) is 57.5 Å². The zero-order valence-corrected chi connectivity index (χ0v) is 8.66. The smallest absolute Gasteiger partial charge is 0.354 e. The molecular formula is C11H9FN2O3. The summed E-state index contributed by atoms with van der Waals surface area (Å²) in [5.41, 5.74) is 0.247. The monoisotopic (exact) mass is 236 g/mol. The molecular weight excluding hydrogens is 227 g/mol. The Bertz CT molecular complexity index is 598. The Morgan fingerprint density at radius 2 is 1.88 bits per heavy atom. The number of hydrogen-bond acceptors (Lipinski definition) is 2. The van der Waals surface area contributed by atoms with Crippen LogP contribution in [0.5, 0.6) is 0 Å². The summed E-state index contributed by atoms with van der Waals surface area (Å²) >= 11 is 0. The van der Waals surface area contributed by atoms with E-state index in [1.54, 1.807) is 0 Å². The molecule has 0 aliphatic rings. The number of rotatable bonds is 3. The number of H-pyrrole nitrogens is 2. The lowest BCUT2D eigenvalue weighted by Crippen LogP contribution is -2.04. The van der Waals surface area contributed by atoms with Gasteiger partial charge in [0, 0.05) is 6.42 Å². The molecule has 0 saturated carbocycles. The topological polar surface area (TPSA) is 85.9 Å². The maximum atomic E-state index is 12.7. The van der Waals surface area contributed by atoms with Crippen LogP contribution in [0.15, 0.2) is 29.1 Å². The third kappa shape index (κ3) is 2.41. The van der Waals surface area contributed by atoms with E-state index < -0.39 is 11.7 Å². The Morgan fingerprint density at radius 3 is 2.47 bits per heavy atom. The number of aromatic amines is 2. The standard InChI is InChI=1S/C11H9FN2O3/c12-7-3-1-6(2-4-7)5-8-9(10(15)16)14-11(17)13-8/h1-4H,5H2,(H,15,16)(H2,13,14,17). The third-order valence-corrected chi connectivity index (χ3v) is 2.31. The van der Waals surface area contributed by atoms with Gasteiger partial charge in [-0.05, 0) is 17.7 Å². The molecule has 2 rings (SSSR count). The van der Waals surface area contributed by atoms with Gasteiger partial charge in [0.2, 0.25) is 0 Å². The molecule has 0 radical (unpaired) electrons. The van der Waals surface area contributed by atoms with Crippen LogP contribution >= 0.6 is 0 Å². The van der Waals surface area contributed by atoms with E-state index in [9.17, 15) is 14.0 Å². The average Bonchev–Trinajstić information content (AvgIpc) is 2.63. The van der Waals surface area contributed by atoms with Gasteiger partial charge in [-0.3, -0.25) is 4.98 Å². The maximum absolute atomic E-state index is 12.7. The lowest BCUT2D eigenvalue weighted by Gasteiger charge is -2.00. The number of carbonyl (C=O) groups is 1. The molecule has 0 bridgehead atoms. The summed E-state index contributed by atoms with van der Waals surface area (Å²) in [5.74, 6) is -1.57. The SMILES string of the molecule is O=C(O)c1[nH]c(=O)[nH]c1Cc1ccc(F)cc1. The van der Waals surface area contributed by atoms with E-state index in [2.05, 4.69) is 9.97 Å². The Kier molecular flexibility index (Phi) is 2.78. The van der Waals surface area contributed by atoms with Crippen LogP contribution in [0.3, 0.4) is 0 Å². The Labute approximate surface area is 94.9 Å². The molecule has 88 valence electrons. The minimum atomic E-state index is -1.21. The first-order valence-corrected chi connectivity index (χ1v) is 4.85. The van der Waals surface area contributed by atoms with Crippen LogP contribution in [0.4, 0.5) is 4.39 Å². The summed E-state index contributed by atoms with van der Waals surface area (Å²) in [7, 11) is 0. The highest BCUT2D eigenvalue weighted by atomic mass is 19.1.